The Kier molecular flexibility index (Phi) is 5.15. The zero-order chi connectivity index (χ0) is 17.0. The summed E-state index contributed by atoms with van der Waals surface area (Å²) in [5, 5.41) is 5.65. The minimum Gasteiger partial charge on any atom is -0.465 e. The summed E-state index contributed by atoms with van der Waals surface area (Å²) in [6.07, 6.45) is -4.66. The standard InChI is InChI=1S/C14H12ClF3N2O3/c1-8-6-12(20-23-8)22-7-11(21)19-13(14(16,17)18)9-2-4-10(15)5-3-9/h2-6,13H,7H2,1H3,(H,19,21)/t13-/m1/s1. The van der Waals surface area contributed by atoms with Crippen molar-refractivity contribution in [1.82, 2.24) is 10.5 Å². The maximum atomic E-state index is 13.1. The molecule has 1 aromatic carbocycles. The van der Waals surface area contributed by atoms with Gasteiger partial charge in [0.05, 0.1) is 0 Å². The molecule has 1 N–H and O–H groups in total. The number of hydrogen-bond acceptors (Lipinski definition) is 4. The van der Waals surface area contributed by atoms with E-state index in [0.29, 0.717) is 10.8 Å². The van der Waals surface area contributed by atoms with Crippen LogP contribution in [0.5, 0.6) is 5.88 Å². The Morgan fingerprint density at radius 2 is 2.04 bits per heavy atom. The molecule has 0 bridgehead atoms. The Balaban J connectivity index is 2.02. The highest BCUT2D eigenvalue weighted by Crippen LogP contribution is 2.33. The molecular weight excluding hydrogens is 337 g/mol. The molecule has 0 saturated carbocycles. The largest absolute Gasteiger partial charge is 0.465 e. The Morgan fingerprint density at radius 1 is 1.39 bits per heavy atom. The molecule has 0 saturated heterocycles. The lowest BCUT2D eigenvalue weighted by atomic mass is 10.1. The summed E-state index contributed by atoms with van der Waals surface area (Å²) < 4.78 is 49.0. The van der Waals surface area contributed by atoms with Gasteiger partial charge in [-0.15, -0.1) is 0 Å². The molecule has 0 radical (unpaired) electrons. The van der Waals surface area contributed by atoms with Gasteiger partial charge >= 0.3 is 6.18 Å². The molecule has 9 heteroatoms. The molecule has 5 nitrogen and oxygen atoms in total. The molecule has 1 atom stereocenters. The number of ether oxygens (including phenoxy) is 1. The number of benzene rings is 1. The van der Waals surface area contributed by atoms with E-state index < -0.39 is 24.7 Å². The van der Waals surface area contributed by atoms with E-state index in [-0.39, 0.29) is 11.4 Å². The number of carbonyl (C=O) groups is 1. The summed E-state index contributed by atoms with van der Waals surface area (Å²) in [4.78, 5) is 11.7. The highest BCUT2D eigenvalue weighted by Gasteiger charge is 2.41. The number of halogens is 4. The van der Waals surface area contributed by atoms with E-state index in [0.717, 1.165) is 0 Å². The number of aromatic nitrogens is 1. The van der Waals surface area contributed by atoms with Crippen LogP contribution in [0.4, 0.5) is 13.2 Å². The van der Waals surface area contributed by atoms with E-state index in [9.17, 15) is 18.0 Å². The Hall–Kier alpha value is -2.22. The number of hydrogen-bond donors (Lipinski definition) is 1. The van der Waals surface area contributed by atoms with Crippen molar-refractivity contribution in [3.05, 3.63) is 46.7 Å². The van der Waals surface area contributed by atoms with Gasteiger partial charge in [0, 0.05) is 11.1 Å². The van der Waals surface area contributed by atoms with Crippen LogP contribution in [0.2, 0.25) is 5.02 Å². The third-order valence-electron chi connectivity index (χ3n) is 2.79. The predicted octanol–water partition coefficient (Wildman–Crippen LogP) is 3.44. The topological polar surface area (TPSA) is 64.4 Å². The van der Waals surface area contributed by atoms with Gasteiger partial charge in [0.1, 0.15) is 5.76 Å². The first-order valence-corrected chi connectivity index (χ1v) is 6.81. The Labute approximate surface area is 134 Å². The van der Waals surface area contributed by atoms with Crippen molar-refractivity contribution in [3.8, 4) is 5.88 Å². The number of alkyl halides is 3. The molecule has 0 aliphatic rings. The lowest BCUT2D eigenvalue weighted by Crippen LogP contribution is -2.40. The number of nitrogens with one attached hydrogen (secondary N) is 1. The van der Waals surface area contributed by atoms with Crippen molar-refractivity contribution in [2.45, 2.75) is 19.1 Å². The second kappa shape index (κ2) is 6.91. The maximum Gasteiger partial charge on any atom is 0.412 e. The van der Waals surface area contributed by atoms with Crippen LogP contribution in [-0.2, 0) is 4.79 Å². The van der Waals surface area contributed by atoms with Gasteiger partial charge in [-0.05, 0) is 29.8 Å². The first-order valence-electron chi connectivity index (χ1n) is 6.43. The van der Waals surface area contributed by atoms with Crippen molar-refractivity contribution in [2.75, 3.05) is 6.61 Å². The van der Waals surface area contributed by atoms with Crippen molar-refractivity contribution in [3.63, 3.8) is 0 Å². The smallest absolute Gasteiger partial charge is 0.412 e. The average Bonchev–Trinajstić information content (AvgIpc) is 2.88. The second-order valence-corrected chi connectivity index (χ2v) is 5.09. The molecule has 124 valence electrons. The summed E-state index contributed by atoms with van der Waals surface area (Å²) in [5.74, 6) is -0.467. The maximum absolute atomic E-state index is 13.1. The summed E-state index contributed by atoms with van der Waals surface area (Å²) in [6.45, 7) is 0.992. The molecule has 2 aromatic rings. The van der Waals surface area contributed by atoms with Gasteiger partial charge in [-0.2, -0.15) is 13.2 Å². The molecule has 0 spiro atoms. The molecule has 1 heterocycles. The molecule has 0 unspecified atom stereocenters. The number of nitrogens with zero attached hydrogens (tertiary/aromatic N) is 1. The summed E-state index contributed by atoms with van der Waals surface area (Å²) in [7, 11) is 0. The van der Waals surface area contributed by atoms with E-state index in [4.69, 9.17) is 20.9 Å². The third kappa shape index (κ3) is 4.88. The van der Waals surface area contributed by atoms with Crippen LogP contribution in [-0.4, -0.2) is 23.8 Å². The van der Waals surface area contributed by atoms with Gasteiger partial charge in [0.15, 0.2) is 12.6 Å². The van der Waals surface area contributed by atoms with Crippen LogP contribution in [0, 0.1) is 6.92 Å². The molecule has 1 amide bonds. The Morgan fingerprint density at radius 3 is 2.57 bits per heavy atom. The Bertz CT molecular complexity index is 671. The van der Waals surface area contributed by atoms with Crippen LogP contribution in [0.3, 0.4) is 0 Å². The van der Waals surface area contributed by atoms with Crippen LogP contribution in [0.1, 0.15) is 17.4 Å². The van der Waals surface area contributed by atoms with Gasteiger partial charge < -0.3 is 14.6 Å². The van der Waals surface area contributed by atoms with Crippen molar-refractivity contribution >= 4 is 17.5 Å². The van der Waals surface area contributed by atoms with Gasteiger partial charge in [0.25, 0.3) is 11.8 Å². The fourth-order valence-corrected chi connectivity index (χ4v) is 1.89. The van der Waals surface area contributed by atoms with Gasteiger partial charge in [-0.1, -0.05) is 23.7 Å². The summed E-state index contributed by atoms with van der Waals surface area (Å²) >= 11 is 5.65. The van der Waals surface area contributed by atoms with E-state index >= 15 is 0 Å². The average molecular weight is 349 g/mol. The van der Waals surface area contributed by atoms with E-state index in [2.05, 4.69) is 5.16 Å². The normalized spacial score (nSPS) is 12.7. The minimum absolute atomic E-state index is 0.0210. The molecule has 0 aliphatic heterocycles. The zero-order valence-electron chi connectivity index (χ0n) is 11.9. The fourth-order valence-electron chi connectivity index (χ4n) is 1.76. The lowest BCUT2D eigenvalue weighted by molar-refractivity contribution is -0.164. The van der Waals surface area contributed by atoms with Crippen molar-refractivity contribution in [1.29, 1.82) is 0 Å². The van der Waals surface area contributed by atoms with Gasteiger partial charge in [0.2, 0.25) is 0 Å². The van der Waals surface area contributed by atoms with Gasteiger partial charge in [-0.25, -0.2) is 0 Å². The van der Waals surface area contributed by atoms with Crippen molar-refractivity contribution < 1.29 is 27.2 Å². The highest BCUT2D eigenvalue weighted by molar-refractivity contribution is 6.30. The molecular formula is C14H12ClF3N2O3. The molecule has 1 aromatic heterocycles. The quantitative estimate of drug-likeness (QED) is 0.899. The third-order valence-corrected chi connectivity index (χ3v) is 3.05. The van der Waals surface area contributed by atoms with E-state index in [1.54, 1.807) is 6.92 Å². The van der Waals surface area contributed by atoms with Crippen LogP contribution >= 0.6 is 11.6 Å². The van der Waals surface area contributed by atoms with Gasteiger partial charge in [-0.3, -0.25) is 4.79 Å². The number of amides is 1. The second-order valence-electron chi connectivity index (χ2n) is 4.66. The minimum atomic E-state index is -4.66. The molecule has 23 heavy (non-hydrogen) atoms. The van der Waals surface area contributed by atoms with Crippen LogP contribution in [0.25, 0.3) is 0 Å². The number of aryl methyl sites for hydroxylation is 1. The number of rotatable bonds is 5. The summed E-state index contributed by atoms with van der Waals surface area (Å²) in [5.41, 5.74) is -0.132. The summed E-state index contributed by atoms with van der Waals surface area (Å²) in [6, 6.07) is 4.28. The van der Waals surface area contributed by atoms with Crippen molar-refractivity contribution in [2.24, 2.45) is 0 Å². The van der Waals surface area contributed by atoms with Crippen LogP contribution < -0.4 is 10.1 Å². The highest BCUT2D eigenvalue weighted by atomic mass is 35.5. The monoisotopic (exact) mass is 348 g/mol. The van der Waals surface area contributed by atoms with Crippen LogP contribution in [0.15, 0.2) is 34.9 Å². The first kappa shape index (κ1) is 17.1. The SMILES string of the molecule is Cc1cc(OCC(=O)N[C@H](c2ccc(Cl)cc2)C(F)(F)F)no1. The molecule has 0 aliphatic carbocycles. The predicted molar refractivity (Wildman–Crippen MR) is 75.1 cm³/mol. The first-order chi connectivity index (χ1) is 10.8. The lowest BCUT2D eigenvalue weighted by Gasteiger charge is -2.22. The molecule has 0 fully saturated rings. The van der Waals surface area contributed by atoms with E-state index in [1.165, 1.54) is 30.3 Å². The van der Waals surface area contributed by atoms with E-state index in [1.807, 2.05) is 5.32 Å². The fraction of sp³-hybridized carbons (Fsp3) is 0.286. The molecule has 2 rings (SSSR count). The number of carbonyl (C=O) groups excluding carboxylic acids is 1. The zero-order valence-corrected chi connectivity index (χ0v) is 12.6.